The van der Waals surface area contributed by atoms with Gasteiger partial charge in [0.2, 0.25) is 0 Å². The molecule has 1 aromatic heterocycles. The summed E-state index contributed by atoms with van der Waals surface area (Å²) >= 11 is 5.96. The Bertz CT molecular complexity index is 584. The van der Waals surface area contributed by atoms with Crippen molar-refractivity contribution in [2.45, 2.75) is 6.42 Å². The Balaban J connectivity index is 2.22. The first-order chi connectivity index (χ1) is 8.25. The monoisotopic (exact) mass is 246 g/mol. The quantitative estimate of drug-likeness (QED) is 0.842. The van der Waals surface area contributed by atoms with Gasteiger partial charge in [0, 0.05) is 23.7 Å². The molecule has 0 amide bonds. The predicted octanol–water partition coefficient (Wildman–Crippen LogP) is 2.92. The number of benzene rings is 1. The van der Waals surface area contributed by atoms with Crippen molar-refractivity contribution < 1.29 is 4.74 Å². The Hall–Kier alpha value is -1.74. The van der Waals surface area contributed by atoms with Gasteiger partial charge in [-0.2, -0.15) is 0 Å². The average Bonchev–Trinajstić information content (AvgIpc) is 2.80. The summed E-state index contributed by atoms with van der Waals surface area (Å²) in [7, 11) is 0. The summed E-state index contributed by atoms with van der Waals surface area (Å²) in [5.74, 6) is 1.38. The number of nitrogen functional groups attached to an aromatic ring is 1. The number of nitrogens with two attached hydrogens (primary N) is 1. The molecule has 3 rings (SSSR count). The Morgan fingerprint density at radius 1 is 1.29 bits per heavy atom. The van der Waals surface area contributed by atoms with Crippen molar-refractivity contribution in [3.8, 4) is 16.9 Å². The fraction of sp³-hybridized carbons (Fsp3) is 0.154. The summed E-state index contributed by atoms with van der Waals surface area (Å²) in [6, 6.07) is 7.87. The maximum Gasteiger partial charge on any atom is 0.131 e. The van der Waals surface area contributed by atoms with Crippen LogP contribution in [0.4, 0.5) is 5.82 Å². The van der Waals surface area contributed by atoms with E-state index in [-0.39, 0.29) is 0 Å². The molecule has 0 spiro atoms. The molecule has 0 atom stereocenters. The van der Waals surface area contributed by atoms with Crippen LogP contribution >= 0.6 is 11.6 Å². The highest BCUT2D eigenvalue weighted by atomic mass is 35.5. The normalized spacial score (nSPS) is 13.2. The number of fused-ring (bicyclic) bond motifs is 1. The van der Waals surface area contributed by atoms with E-state index in [9.17, 15) is 0 Å². The van der Waals surface area contributed by atoms with Gasteiger partial charge in [-0.25, -0.2) is 4.98 Å². The largest absolute Gasteiger partial charge is 0.492 e. The lowest BCUT2D eigenvalue weighted by atomic mass is 10.0. The summed E-state index contributed by atoms with van der Waals surface area (Å²) in [5.41, 5.74) is 8.90. The first-order valence-electron chi connectivity index (χ1n) is 5.42. The molecular weight excluding hydrogens is 236 g/mol. The average molecular weight is 247 g/mol. The Morgan fingerprint density at radius 3 is 3.06 bits per heavy atom. The molecule has 3 nitrogen and oxygen atoms in total. The highest BCUT2D eigenvalue weighted by Crippen LogP contribution is 2.39. The van der Waals surface area contributed by atoms with Crippen LogP contribution in [0.1, 0.15) is 5.56 Å². The Kier molecular flexibility index (Phi) is 2.41. The van der Waals surface area contributed by atoms with Crippen LogP contribution in [0.3, 0.4) is 0 Å². The molecular formula is C13H11ClN2O. The van der Waals surface area contributed by atoms with Crippen LogP contribution in [0.2, 0.25) is 5.02 Å². The van der Waals surface area contributed by atoms with Crippen molar-refractivity contribution in [1.29, 1.82) is 0 Å². The van der Waals surface area contributed by atoms with E-state index in [0.717, 1.165) is 29.9 Å². The van der Waals surface area contributed by atoms with Crippen LogP contribution in [-0.4, -0.2) is 11.6 Å². The van der Waals surface area contributed by atoms with Crippen LogP contribution in [0.15, 0.2) is 30.5 Å². The van der Waals surface area contributed by atoms with Gasteiger partial charge >= 0.3 is 0 Å². The van der Waals surface area contributed by atoms with Crippen LogP contribution in [0.5, 0.6) is 5.75 Å². The zero-order chi connectivity index (χ0) is 11.8. The number of hydrogen-bond donors (Lipinski definition) is 1. The SMILES string of the molecule is Nc1ncc(Cl)cc1-c1cccc2c1OCC2. The first kappa shape index (κ1) is 10.4. The molecule has 0 saturated heterocycles. The highest BCUT2D eigenvalue weighted by molar-refractivity contribution is 6.30. The molecule has 0 aliphatic carbocycles. The second-order valence-electron chi connectivity index (χ2n) is 3.98. The molecule has 1 aromatic carbocycles. The maximum absolute atomic E-state index is 5.96. The summed E-state index contributed by atoms with van der Waals surface area (Å²) < 4.78 is 5.65. The minimum absolute atomic E-state index is 0.471. The van der Waals surface area contributed by atoms with Gasteiger partial charge in [0.15, 0.2) is 0 Å². The molecule has 0 fully saturated rings. The third-order valence-corrected chi connectivity index (χ3v) is 3.10. The van der Waals surface area contributed by atoms with Crippen LogP contribution in [-0.2, 0) is 6.42 Å². The Morgan fingerprint density at radius 2 is 2.18 bits per heavy atom. The molecule has 2 aromatic rings. The fourth-order valence-electron chi connectivity index (χ4n) is 2.09. The van der Waals surface area contributed by atoms with Crippen molar-refractivity contribution in [3.63, 3.8) is 0 Å². The lowest BCUT2D eigenvalue weighted by Crippen LogP contribution is -1.95. The molecule has 2 heterocycles. The molecule has 2 N–H and O–H groups in total. The number of para-hydroxylation sites is 1. The number of pyridine rings is 1. The zero-order valence-corrected chi connectivity index (χ0v) is 9.87. The van der Waals surface area contributed by atoms with Crippen LogP contribution in [0, 0.1) is 0 Å². The maximum atomic E-state index is 5.96. The van der Waals surface area contributed by atoms with E-state index in [1.165, 1.54) is 5.56 Å². The molecule has 17 heavy (non-hydrogen) atoms. The summed E-state index contributed by atoms with van der Waals surface area (Å²) in [4.78, 5) is 4.07. The smallest absolute Gasteiger partial charge is 0.131 e. The molecule has 86 valence electrons. The molecule has 1 aliphatic heterocycles. The molecule has 4 heteroatoms. The van der Waals surface area contributed by atoms with Gasteiger partial charge in [-0.05, 0) is 11.6 Å². The lowest BCUT2D eigenvalue weighted by molar-refractivity contribution is 0.358. The molecule has 1 aliphatic rings. The van der Waals surface area contributed by atoms with Gasteiger partial charge in [0.1, 0.15) is 11.6 Å². The zero-order valence-electron chi connectivity index (χ0n) is 9.11. The number of rotatable bonds is 1. The van der Waals surface area contributed by atoms with E-state index < -0.39 is 0 Å². The minimum atomic E-state index is 0.471. The van der Waals surface area contributed by atoms with Crippen LogP contribution < -0.4 is 10.5 Å². The second-order valence-corrected chi connectivity index (χ2v) is 4.42. The third-order valence-electron chi connectivity index (χ3n) is 2.89. The fourth-order valence-corrected chi connectivity index (χ4v) is 2.25. The number of anilines is 1. The van der Waals surface area contributed by atoms with Crippen molar-refractivity contribution >= 4 is 17.4 Å². The van der Waals surface area contributed by atoms with E-state index in [4.69, 9.17) is 22.1 Å². The van der Waals surface area contributed by atoms with Crippen LogP contribution in [0.25, 0.3) is 11.1 Å². The topological polar surface area (TPSA) is 48.1 Å². The second kappa shape index (κ2) is 3.93. The molecule has 0 radical (unpaired) electrons. The molecule has 0 bridgehead atoms. The number of ether oxygens (including phenoxy) is 1. The Labute approximate surface area is 104 Å². The minimum Gasteiger partial charge on any atom is -0.492 e. The summed E-state index contributed by atoms with van der Waals surface area (Å²) in [6.45, 7) is 0.722. The van der Waals surface area contributed by atoms with Gasteiger partial charge < -0.3 is 10.5 Å². The van der Waals surface area contributed by atoms with Crippen molar-refractivity contribution in [1.82, 2.24) is 4.98 Å². The van der Waals surface area contributed by atoms with E-state index in [0.29, 0.717) is 10.8 Å². The summed E-state index contributed by atoms with van der Waals surface area (Å²) in [5, 5.41) is 0.574. The molecule has 0 unspecified atom stereocenters. The van der Waals surface area contributed by atoms with Gasteiger partial charge in [0.05, 0.1) is 11.6 Å². The van der Waals surface area contributed by atoms with Crippen molar-refractivity contribution in [2.75, 3.05) is 12.3 Å². The lowest BCUT2D eigenvalue weighted by Gasteiger charge is -2.10. The summed E-state index contributed by atoms with van der Waals surface area (Å²) in [6.07, 6.45) is 2.49. The van der Waals surface area contributed by atoms with Gasteiger partial charge in [-0.1, -0.05) is 29.8 Å². The van der Waals surface area contributed by atoms with Crippen molar-refractivity contribution in [3.05, 3.63) is 41.0 Å². The van der Waals surface area contributed by atoms with Gasteiger partial charge in [-0.15, -0.1) is 0 Å². The van der Waals surface area contributed by atoms with Crippen molar-refractivity contribution in [2.24, 2.45) is 0 Å². The number of nitrogens with zero attached hydrogens (tertiary/aromatic N) is 1. The number of hydrogen-bond acceptors (Lipinski definition) is 3. The van der Waals surface area contributed by atoms with E-state index in [1.807, 2.05) is 18.2 Å². The van der Waals surface area contributed by atoms with E-state index >= 15 is 0 Å². The number of aromatic nitrogens is 1. The van der Waals surface area contributed by atoms with Gasteiger partial charge in [-0.3, -0.25) is 0 Å². The first-order valence-corrected chi connectivity index (χ1v) is 5.79. The van der Waals surface area contributed by atoms with E-state index in [1.54, 1.807) is 6.20 Å². The predicted molar refractivity (Wildman–Crippen MR) is 68.3 cm³/mol. The number of halogens is 1. The standard InChI is InChI=1S/C13H11ClN2O/c14-9-6-11(13(15)16-7-9)10-3-1-2-8-4-5-17-12(8)10/h1-3,6-7H,4-5H2,(H2,15,16). The van der Waals surface area contributed by atoms with Gasteiger partial charge in [0.25, 0.3) is 0 Å². The third kappa shape index (κ3) is 1.72. The highest BCUT2D eigenvalue weighted by Gasteiger charge is 2.18. The van der Waals surface area contributed by atoms with E-state index in [2.05, 4.69) is 11.1 Å². The molecule has 0 saturated carbocycles.